The Morgan fingerprint density at radius 1 is 0.624 bits per heavy atom. The van der Waals surface area contributed by atoms with E-state index in [1.54, 1.807) is 88.4 Å². The van der Waals surface area contributed by atoms with Crippen molar-refractivity contribution >= 4 is 96.2 Å². The molecule has 1 aliphatic rings. The number of H-pyrrole nitrogens is 1. The summed E-state index contributed by atoms with van der Waals surface area (Å²) in [7, 11) is 0. The number of phenols is 1. The minimum absolute atomic E-state index is 0.0572. The summed E-state index contributed by atoms with van der Waals surface area (Å²) >= 11 is 8.51. The number of aromatic hydroxyl groups is 1. The van der Waals surface area contributed by atoms with Gasteiger partial charge in [-0.15, -0.1) is 0 Å². The molecule has 4 aromatic rings. The maximum Gasteiger partial charge on any atom is 0.327 e. The number of carboxylic acid groups (broad SMARTS) is 1. The zero-order valence-electron chi connectivity index (χ0n) is 52.2. The molecule has 0 spiro atoms. The zero-order chi connectivity index (χ0) is 68.5. The normalized spacial score (nSPS) is 15.8. The predicted molar refractivity (Wildman–Crippen MR) is 345 cm³/mol. The summed E-state index contributed by atoms with van der Waals surface area (Å²) in [6.07, 6.45) is 1.56. The first-order chi connectivity index (χ1) is 44.0. The van der Waals surface area contributed by atoms with E-state index in [2.05, 4.69) is 88.4 Å². The number of amides is 11. The number of likely N-dealkylation sites (tertiary alicyclic amines) is 1. The van der Waals surface area contributed by atoms with Crippen molar-refractivity contribution in [2.24, 2.45) is 11.7 Å². The number of nitrogens with zero attached hydrogens (tertiary/aromatic N) is 2. The van der Waals surface area contributed by atoms with Crippen LogP contribution < -0.4 is 58.9 Å². The van der Waals surface area contributed by atoms with E-state index in [1.807, 2.05) is 0 Å². The minimum atomic E-state index is -1.66. The summed E-state index contributed by atoms with van der Waals surface area (Å²) in [6, 6.07) is 11.4. The number of aliphatic hydroxyl groups excluding tert-OH is 1. The van der Waals surface area contributed by atoms with Crippen LogP contribution in [0.2, 0.25) is 0 Å². The van der Waals surface area contributed by atoms with E-state index in [4.69, 9.17) is 5.73 Å². The van der Waals surface area contributed by atoms with E-state index in [0.717, 1.165) is 5.56 Å². The number of nitrogens with two attached hydrogens (primary N) is 1. The monoisotopic (exact) mass is 1330 g/mol. The maximum absolute atomic E-state index is 14.3. The van der Waals surface area contributed by atoms with Gasteiger partial charge >= 0.3 is 5.97 Å². The highest BCUT2D eigenvalue weighted by Gasteiger charge is 2.41. The molecular weight excluding hydrogens is 1240 g/mol. The fourth-order valence-electron chi connectivity index (χ4n) is 9.87. The van der Waals surface area contributed by atoms with Gasteiger partial charge in [0.15, 0.2) is 0 Å². The molecule has 1 aromatic heterocycles. The van der Waals surface area contributed by atoms with Crippen molar-refractivity contribution in [3.8, 4) is 5.75 Å². The van der Waals surface area contributed by atoms with Gasteiger partial charge in [0.25, 0.3) is 0 Å². The molecule has 0 radical (unpaired) electrons. The number of phenolic OH excluding ortho intramolecular Hbond substituents is 1. The Morgan fingerprint density at radius 3 is 1.73 bits per heavy atom. The number of imidazole rings is 1. The second-order valence-electron chi connectivity index (χ2n) is 23.4. The summed E-state index contributed by atoms with van der Waals surface area (Å²) in [6.45, 7) is 5.79. The topological polar surface area (TPSA) is 444 Å². The quantitative estimate of drug-likeness (QED) is 0.0214. The Bertz CT molecular complexity index is 3210. The number of nitrogens with one attached hydrogen (secondary N) is 11. The fourth-order valence-corrected chi connectivity index (χ4v) is 10.3. The van der Waals surface area contributed by atoms with E-state index in [9.17, 15) is 72.9 Å². The Labute approximate surface area is 548 Å². The van der Waals surface area contributed by atoms with Crippen molar-refractivity contribution < 1.29 is 72.9 Å². The van der Waals surface area contributed by atoms with E-state index in [-0.39, 0.29) is 62.5 Å². The van der Waals surface area contributed by atoms with Crippen LogP contribution >= 0.6 is 25.3 Å². The molecule has 31 heteroatoms. The zero-order valence-corrected chi connectivity index (χ0v) is 54.0. The SMILES string of the molecule is CC(C)C[C@H](NC(=O)CNC(=O)CNC(=O)[C@H](Cc1ccccc1)NC(=O)[C@H](Cc1cnc[nH]1)NC(=O)CNC(=O)[C@@H](NC(=O)[C@@H](NC(=O)[C@@H](N)Cc1ccccc1)C(C)(C)S)[C@@H](C)O)C(=O)N[C@@H](Cc1ccc(O)cc1)C(=O)N1CCC[C@H]1C(=O)N[C@@H](CS)C(=O)O. The number of benzene rings is 3. The summed E-state index contributed by atoms with van der Waals surface area (Å²) in [4.78, 5) is 171. The average molecular weight is 1330 g/mol. The molecule has 2 heterocycles. The van der Waals surface area contributed by atoms with E-state index in [0.29, 0.717) is 23.2 Å². The van der Waals surface area contributed by atoms with Crippen LogP contribution in [0.3, 0.4) is 0 Å². The van der Waals surface area contributed by atoms with Gasteiger partial charge in [0.1, 0.15) is 54.1 Å². The van der Waals surface area contributed by atoms with Crippen LogP contribution in [0.5, 0.6) is 5.75 Å². The number of aromatic amines is 1. The Morgan fingerprint density at radius 2 is 1.16 bits per heavy atom. The van der Waals surface area contributed by atoms with Gasteiger partial charge < -0.3 is 84.1 Å². The summed E-state index contributed by atoms with van der Waals surface area (Å²) in [5.74, 6) is -10.9. The molecule has 93 heavy (non-hydrogen) atoms. The molecule has 11 amide bonds. The Balaban J connectivity index is 1.21. The van der Waals surface area contributed by atoms with Gasteiger partial charge in [-0.2, -0.15) is 25.3 Å². The number of carbonyl (C=O) groups is 12. The molecule has 1 saturated heterocycles. The van der Waals surface area contributed by atoms with Crippen molar-refractivity contribution in [2.75, 3.05) is 31.9 Å². The van der Waals surface area contributed by atoms with Crippen LogP contribution in [-0.4, -0.2) is 198 Å². The number of rotatable bonds is 35. The van der Waals surface area contributed by atoms with Crippen molar-refractivity contribution in [3.63, 3.8) is 0 Å². The van der Waals surface area contributed by atoms with Gasteiger partial charge in [-0.1, -0.05) is 86.6 Å². The summed E-state index contributed by atoms with van der Waals surface area (Å²) in [5, 5.41) is 55.2. The number of hydrogen-bond acceptors (Lipinski definition) is 18. The Hall–Kier alpha value is -9.07. The molecule has 16 N–H and O–H groups in total. The lowest BCUT2D eigenvalue weighted by Crippen LogP contribution is -2.63. The second kappa shape index (κ2) is 36.2. The van der Waals surface area contributed by atoms with Gasteiger partial charge in [-0.05, 0) is 81.2 Å². The van der Waals surface area contributed by atoms with Crippen molar-refractivity contribution in [1.82, 2.24) is 68.0 Å². The van der Waals surface area contributed by atoms with Crippen LogP contribution in [-0.2, 0) is 83.2 Å². The summed E-state index contributed by atoms with van der Waals surface area (Å²) in [5.41, 5.74) is 8.41. The molecule has 0 aliphatic carbocycles. The van der Waals surface area contributed by atoms with Gasteiger partial charge in [0.05, 0.1) is 38.1 Å². The molecule has 0 unspecified atom stereocenters. The molecule has 0 bridgehead atoms. The third-order valence-electron chi connectivity index (χ3n) is 14.8. The minimum Gasteiger partial charge on any atom is -0.508 e. The summed E-state index contributed by atoms with van der Waals surface area (Å²) < 4.78 is -1.22. The molecule has 5 rings (SSSR count). The number of aliphatic carboxylic acids is 1. The number of thiol groups is 2. The van der Waals surface area contributed by atoms with Crippen LogP contribution in [0, 0.1) is 5.92 Å². The molecule has 504 valence electrons. The van der Waals surface area contributed by atoms with Gasteiger partial charge in [0, 0.05) is 48.2 Å². The number of aromatic nitrogens is 2. The number of aliphatic hydroxyl groups is 1. The lowest BCUT2D eigenvalue weighted by Gasteiger charge is -2.32. The van der Waals surface area contributed by atoms with Crippen molar-refractivity contribution in [2.45, 2.75) is 145 Å². The molecular formula is C62H84N14O15S2. The highest BCUT2D eigenvalue weighted by Crippen LogP contribution is 2.22. The van der Waals surface area contributed by atoms with Crippen LogP contribution in [0.25, 0.3) is 0 Å². The first-order valence-electron chi connectivity index (χ1n) is 30.1. The van der Waals surface area contributed by atoms with E-state index >= 15 is 0 Å². The highest BCUT2D eigenvalue weighted by atomic mass is 32.1. The van der Waals surface area contributed by atoms with Crippen LogP contribution in [0.15, 0.2) is 97.5 Å². The average Bonchev–Trinajstić information content (AvgIpc) is 1.83. The maximum atomic E-state index is 14.3. The molecule has 0 saturated carbocycles. The van der Waals surface area contributed by atoms with E-state index in [1.165, 1.54) is 48.6 Å². The molecule has 29 nitrogen and oxygen atoms in total. The number of hydrogen-bond donors (Lipinski definition) is 17. The van der Waals surface area contributed by atoms with Crippen molar-refractivity contribution in [3.05, 3.63) is 120 Å². The van der Waals surface area contributed by atoms with Crippen LogP contribution in [0.4, 0.5) is 0 Å². The third kappa shape index (κ3) is 24.5. The molecule has 3 aromatic carbocycles. The van der Waals surface area contributed by atoms with Gasteiger partial charge in [-0.25, -0.2) is 9.78 Å². The number of carbonyl (C=O) groups excluding carboxylic acids is 11. The second-order valence-corrected chi connectivity index (χ2v) is 25.0. The fraction of sp³-hybridized carbons (Fsp3) is 0.468. The highest BCUT2D eigenvalue weighted by molar-refractivity contribution is 7.81. The molecule has 1 aliphatic heterocycles. The van der Waals surface area contributed by atoms with Gasteiger partial charge in [-0.3, -0.25) is 52.7 Å². The van der Waals surface area contributed by atoms with Crippen LogP contribution in [0.1, 0.15) is 76.3 Å². The number of carboxylic acids is 1. The van der Waals surface area contributed by atoms with Crippen molar-refractivity contribution in [1.29, 1.82) is 0 Å². The lowest BCUT2D eigenvalue weighted by molar-refractivity contribution is -0.144. The smallest absolute Gasteiger partial charge is 0.327 e. The Kier molecular flexibility index (Phi) is 29.1. The van der Waals surface area contributed by atoms with Gasteiger partial charge in [0.2, 0.25) is 65.0 Å². The van der Waals surface area contributed by atoms with E-state index < -0.39 is 156 Å². The molecule has 1 fully saturated rings. The lowest BCUT2D eigenvalue weighted by atomic mass is 9.99. The standard InChI is InChI=1S/C62H84N14O15S2/c1-34(2)23-42(55(84)72-45(26-38-18-20-40(78)21-19-38)60(89)76-22-12-17-47(76)57(86)73-46(32-92)61(90)91)69-49(80)30-65-48(79)29-66-54(83)43(25-37-15-10-7-11-16-37)71-56(85)44(27-39-28-64-33-68-39)70-50(81)31-67-58(87)51(35(3)77)74-59(88)52(62(4,5)93)75-53(82)41(63)24-36-13-8-6-9-14-36/h6-11,13-16,18-21,28,33-35,41-47,51-52,77-78,92-93H,12,17,22-27,29-32,63H2,1-5H3,(H,64,68)(H,65,79)(H,66,83)(H,67,87)(H,69,80)(H,70,81)(H,71,85)(H,72,84)(H,73,86)(H,74,88)(H,75,82)(H,90,91)/t35-,41+,42+,43+,44+,45+,46+,47+,51+,52-/m1/s1. The predicted octanol–water partition coefficient (Wildman–Crippen LogP) is -2.40. The third-order valence-corrected chi connectivity index (χ3v) is 15.4. The first-order valence-corrected chi connectivity index (χ1v) is 31.2. The largest absolute Gasteiger partial charge is 0.508 e. The molecule has 10 atom stereocenters. The first kappa shape index (κ1) is 74.7.